The number of hydrogen-bond acceptors (Lipinski definition) is 8. The number of guanidine groups is 1. The van der Waals surface area contributed by atoms with Gasteiger partial charge in [0.25, 0.3) is 0 Å². The maximum absolute atomic E-state index is 12.5. The van der Waals surface area contributed by atoms with Gasteiger partial charge in [-0.05, 0) is 46.5 Å². The number of carbonyl (C=O) groups excluding carboxylic acids is 5. The van der Waals surface area contributed by atoms with Crippen molar-refractivity contribution < 1.29 is 33.9 Å². The van der Waals surface area contributed by atoms with Crippen LogP contribution in [-0.2, 0) is 28.8 Å². The first-order valence-electron chi connectivity index (χ1n) is 13.1. The molecule has 0 aliphatic rings. The van der Waals surface area contributed by atoms with Crippen LogP contribution in [0.4, 0.5) is 0 Å². The molecule has 0 fully saturated rings. The van der Waals surface area contributed by atoms with Crippen LogP contribution < -0.4 is 43.4 Å². The van der Waals surface area contributed by atoms with Gasteiger partial charge in [0.05, 0.1) is 6.04 Å². The van der Waals surface area contributed by atoms with E-state index in [0.29, 0.717) is 12.8 Å². The van der Waals surface area contributed by atoms with Gasteiger partial charge in [0, 0.05) is 6.54 Å². The van der Waals surface area contributed by atoms with Crippen molar-refractivity contribution in [2.75, 3.05) is 6.54 Å². The standard InChI is InChI=1S/C24H45N9O7/c1-7-11(2)17(25)22(38)32-14(5)20(36)30-12(3)18(34)29-13(4)19(35)31-15(6)21(37)33-16(23(39)40)9-8-10-28-24(26)27/h11-17H,7-10,25H2,1-6H3,(H,29,34)(H,30,36)(H,31,35)(H,32,38)(H,33,37)(H,39,40)(H4,26,27,28)/t11-,12-,13-,14-,15-,16-,17-/m0/s1. The zero-order chi connectivity index (χ0) is 31.2. The molecule has 0 aromatic rings. The Hall–Kier alpha value is -3.95. The molecular formula is C24H45N9O7. The van der Waals surface area contributed by atoms with Crippen LogP contribution in [0.5, 0.6) is 0 Å². The first-order chi connectivity index (χ1) is 18.5. The minimum Gasteiger partial charge on any atom is -0.480 e. The van der Waals surface area contributed by atoms with Gasteiger partial charge in [-0.2, -0.15) is 0 Å². The number of rotatable bonds is 17. The van der Waals surface area contributed by atoms with Crippen molar-refractivity contribution in [3.05, 3.63) is 0 Å². The Morgan fingerprint density at radius 3 is 1.45 bits per heavy atom. The number of nitrogens with one attached hydrogen (secondary N) is 7. The number of amides is 5. The fourth-order valence-electron chi connectivity index (χ4n) is 3.18. The molecule has 0 saturated carbocycles. The molecule has 40 heavy (non-hydrogen) atoms. The Labute approximate surface area is 234 Å². The zero-order valence-corrected chi connectivity index (χ0v) is 23.9. The highest BCUT2D eigenvalue weighted by Gasteiger charge is 2.28. The van der Waals surface area contributed by atoms with Gasteiger partial charge in [0.2, 0.25) is 29.5 Å². The largest absolute Gasteiger partial charge is 0.480 e. The van der Waals surface area contributed by atoms with E-state index < -0.39 is 71.8 Å². The molecule has 7 atom stereocenters. The lowest BCUT2D eigenvalue weighted by atomic mass is 9.99. The van der Waals surface area contributed by atoms with E-state index in [-0.39, 0.29) is 24.8 Å². The van der Waals surface area contributed by atoms with Crippen molar-refractivity contribution in [3.63, 3.8) is 0 Å². The number of hydrogen-bond donors (Lipinski definition) is 10. The van der Waals surface area contributed by atoms with Crippen LogP contribution >= 0.6 is 0 Å². The number of aliphatic carboxylic acids is 1. The van der Waals surface area contributed by atoms with Crippen molar-refractivity contribution in [1.29, 1.82) is 5.41 Å². The fraction of sp³-hybridized carbons (Fsp3) is 0.708. The highest BCUT2D eigenvalue weighted by molar-refractivity contribution is 5.95. The molecule has 16 nitrogen and oxygen atoms in total. The van der Waals surface area contributed by atoms with E-state index in [2.05, 4.69) is 31.9 Å². The summed E-state index contributed by atoms with van der Waals surface area (Å²) in [4.78, 5) is 73.5. The zero-order valence-electron chi connectivity index (χ0n) is 23.9. The van der Waals surface area contributed by atoms with Crippen molar-refractivity contribution in [3.8, 4) is 0 Å². The van der Waals surface area contributed by atoms with Crippen molar-refractivity contribution >= 4 is 41.5 Å². The number of carboxylic acid groups (broad SMARTS) is 1. The molecule has 228 valence electrons. The number of carbonyl (C=O) groups is 6. The van der Waals surface area contributed by atoms with Gasteiger partial charge in [-0.15, -0.1) is 0 Å². The normalized spacial score (nSPS) is 16.0. The Balaban J connectivity index is 4.77. The quantitative estimate of drug-likeness (QED) is 0.0487. The highest BCUT2D eigenvalue weighted by Crippen LogP contribution is 2.05. The highest BCUT2D eigenvalue weighted by atomic mass is 16.4. The number of carboxylic acids is 1. The van der Waals surface area contributed by atoms with Crippen molar-refractivity contribution in [2.45, 2.75) is 97.1 Å². The molecule has 0 heterocycles. The molecule has 0 aromatic carbocycles. The van der Waals surface area contributed by atoms with E-state index in [4.69, 9.17) is 16.9 Å². The SMILES string of the molecule is CC[C@H](C)[C@H](N)C(=O)N[C@@H](C)C(=O)N[C@@H](C)C(=O)N[C@@H](C)C(=O)N[C@@H](C)C(=O)N[C@@H](CCCNC(=N)N)C(=O)O. The third-order valence-electron chi connectivity index (χ3n) is 6.17. The summed E-state index contributed by atoms with van der Waals surface area (Å²) in [5.74, 6) is -4.87. The van der Waals surface area contributed by atoms with Crippen LogP contribution in [0.2, 0.25) is 0 Å². The Morgan fingerprint density at radius 1 is 0.725 bits per heavy atom. The maximum Gasteiger partial charge on any atom is 0.326 e. The third-order valence-corrected chi connectivity index (χ3v) is 6.17. The predicted molar refractivity (Wildman–Crippen MR) is 147 cm³/mol. The molecule has 5 amide bonds. The Kier molecular flexibility index (Phi) is 15.9. The monoisotopic (exact) mass is 571 g/mol. The molecular weight excluding hydrogens is 526 g/mol. The lowest BCUT2D eigenvalue weighted by Gasteiger charge is -2.23. The minimum atomic E-state index is -1.27. The Bertz CT molecular complexity index is 930. The van der Waals surface area contributed by atoms with Crippen LogP contribution in [0.15, 0.2) is 0 Å². The molecule has 0 rings (SSSR count). The lowest BCUT2D eigenvalue weighted by Crippen LogP contribution is -2.57. The summed E-state index contributed by atoms with van der Waals surface area (Å²) < 4.78 is 0. The van der Waals surface area contributed by atoms with Gasteiger partial charge >= 0.3 is 5.97 Å². The van der Waals surface area contributed by atoms with Gasteiger partial charge in [0.15, 0.2) is 5.96 Å². The average Bonchev–Trinajstić information content (AvgIpc) is 2.88. The molecule has 0 saturated heterocycles. The minimum absolute atomic E-state index is 0.0606. The van der Waals surface area contributed by atoms with Crippen LogP contribution in [0.25, 0.3) is 0 Å². The van der Waals surface area contributed by atoms with E-state index in [0.717, 1.165) is 0 Å². The van der Waals surface area contributed by atoms with E-state index >= 15 is 0 Å². The maximum atomic E-state index is 12.5. The summed E-state index contributed by atoms with van der Waals surface area (Å²) in [5, 5.41) is 31.0. The van der Waals surface area contributed by atoms with Crippen LogP contribution in [0.3, 0.4) is 0 Å². The van der Waals surface area contributed by atoms with E-state index in [1.807, 2.05) is 13.8 Å². The van der Waals surface area contributed by atoms with Crippen LogP contribution in [0.1, 0.15) is 60.8 Å². The summed E-state index contributed by atoms with van der Waals surface area (Å²) in [7, 11) is 0. The molecule has 0 aliphatic carbocycles. The molecule has 12 N–H and O–H groups in total. The number of nitrogens with two attached hydrogens (primary N) is 2. The molecule has 0 bridgehead atoms. The van der Waals surface area contributed by atoms with Gasteiger partial charge in [0.1, 0.15) is 30.2 Å². The Morgan fingerprint density at radius 2 is 1.10 bits per heavy atom. The lowest BCUT2D eigenvalue weighted by molar-refractivity contribution is -0.142. The summed E-state index contributed by atoms with van der Waals surface area (Å²) in [6, 6.07) is -6.24. The van der Waals surface area contributed by atoms with Gasteiger partial charge in [-0.3, -0.25) is 29.4 Å². The average molecular weight is 572 g/mol. The van der Waals surface area contributed by atoms with Crippen molar-refractivity contribution in [2.24, 2.45) is 17.4 Å². The molecule has 0 aliphatic heterocycles. The second-order valence-corrected chi connectivity index (χ2v) is 9.71. The van der Waals surface area contributed by atoms with Gasteiger partial charge in [-0.25, -0.2) is 4.79 Å². The second kappa shape index (κ2) is 17.6. The topological polar surface area (TPSA) is 271 Å². The molecule has 0 aromatic heterocycles. The first-order valence-corrected chi connectivity index (χ1v) is 13.1. The van der Waals surface area contributed by atoms with Gasteiger partial charge in [-0.1, -0.05) is 20.3 Å². The molecule has 16 heteroatoms. The summed E-state index contributed by atoms with van der Waals surface area (Å²) in [5.41, 5.74) is 11.0. The van der Waals surface area contributed by atoms with Crippen molar-refractivity contribution in [1.82, 2.24) is 31.9 Å². The van der Waals surface area contributed by atoms with Crippen LogP contribution in [-0.4, -0.2) is 89.4 Å². The second-order valence-electron chi connectivity index (χ2n) is 9.71. The molecule has 0 spiro atoms. The third kappa shape index (κ3) is 13.2. The van der Waals surface area contributed by atoms with E-state index in [1.54, 1.807) is 0 Å². The summed E-state index contributed by atoms with van der Waals surface area (Å²) in [6.45, 7) is 9.51. The summed E-state index contributed by atoms with van der Waals surface area (Å²) in [6.07, 6.45) is 1.06. The predicted octanol–water partition coefficient (Wildman–Crippen LogP) is -2.79. The first kappa shape index (κ1) is 36.0. The van der Waals surface area contributed by atoms with E-state index in [9.17, 15) is 33.9 Å². The fourth-order valence-corrected chi connectivity index (χ4v) is 3.18. The molecule has 0 unspecified atom stereocenters. The van der Waals surface area contributed by atoms with Gasteiger partial charge < -0.3 is 48.5 Å². The summed E-state index contributed by atoms with van der Waals surface area (Å²) >= 11 is 0. The van der Waals surface area contributed by atoms with Crippen LogP contribution in [0, 0.1) is 11.3 Å². The van der Waals surface area contributed by atoms with E-state index in [1.165, 1.54) is 27.7 Å². The smallest absolute Gasteiger partial charge is 0.326 e. The molecule has 0 radical (unpaired) electrons.